The molecule has 0 aliphatic rings. The summed E-state index contributed by atoms with van der Waals surface area (Å²) in [7, 11) is 0. The van der Waals surface area contributed by atoms with E-state index in [2.05, 4.69) is 118 Å². The first-order valence-electron chi connectivity index (χ1n) is 33.2. The van der Waals surface area contributed by atoms with E-state index in [0.717, 1.165) is 122 Å². The van der Waals surface area contributed by atoms with Crippen molar-refractivity contribution in [3.63, 3.8) is 0 Å². The van der Waals surface area contributed by atoms with Crippen LogP contribution in [0.5, 0.6) is 0 Å². The van der Waals surface area contributed by atoms with Crippen LogP contribution in [0.25, 0.3) is 0 Å². The highest BCUT2D eigenvalue weighted by Crippen LogP contribution is 2.17. The third kappa shape index (κ3) is 63.2. The summed E-state index contributed by atoms with van der Waals surface area (Å²) in [6.07, 6.45) is 88.4. The number of carbonyl (C=O) groups excluding carboxylic acids is 3. The highest BCUT2D eigenvalue weighted by molar-refractivity contribution is 5.71. The summed E-state index contributed by atoms with van der Waals surface area (Å²) in [6, 6.07) is 0. The maximum atomic E-state index is 12.9. The van der Waals surface area contributed by atoms with E-state index >= 15 is 0 Å². The van der Waals surface area contributed by atoms with Gasteiger partial charge in [-0.3, -0.25) is 14.4 Å². The monoisotopic (exact) mass is 1080 g/mol. The lowest BCUT2D eigenvalue weighted by atomic mass is 10.0. The zero-order chi connectivity index (χ0) is 56.4. The van der Waals surface area contributed by atoms with E-state index in [0.29, 0.717) is 19.3 Å². The maximum Gasteiger partial charge on any atom is 0.306 e. The Hall–Kier alpha value is -3.67. The van der Waals surface area contributed by atoms with Gasteiger partial charge < -0.3 is 14.2 Å². The molecule has 6 nitrogen and oxygen atoms in total. The van der Waals surface area contributed by atoms with Crippen molar-refractivity contribution in [3.05, 3.63) is 97.2 Å². The topological polar surface area (TPSA) is 78.9 Å². The smallest absolute Gasteiger partial charge is 0.306 e. The molecule has 0 aromatic heterocycles. The first-order valence-corrected chi connectivity index (χ1v) is 33.2. The molecule has 0 rings (SSSR count). The molecular weight excluding hydrogens is 961 g/mol. The van der Waals surface area contributed by atoms with Crippen LogP contribution in [0.3, 0.4) is 0 Å². The Balaban J connectivity index is 4.36. The minimum Gasteiger partial charge on any atom is -0.462 e. The van der Waals surface area contributed by atoms with Gasteiger partial charge in [0, 0.05) is 19.3 Å². The maximum absolute atomic E-state index is 12.9. The van der Waals surface area contributed by atoms with Gasteiger partial charge in [-0.2, -0.15) is 0 Å². The summed E-state index contributed by atoms with van der Waals surface area (Å²) >= 11 is 0. The normalized spacial score (nSPS) is 12.7. The minimum absolute atomic E-state index is 0.0815. The predicted octanol–water partition coefficient (Wildman–Crippen LogP) is 22.8. The van der Waals surface area contributed by atoms with E-state index in [1.807, 2.05) is 0 Å². The average molecular weight is 1090 g/mol. The van der Waals surface area contributed by atoms with Gasteiger partial charge in [0.1, 0.15) is 13.2 Å². The van der Waals surface area contributed by atoms with E-state index in [1.165, 1.54) is 161 Å². The number of allylic oxidation sites excluding steroid dienone is 16. The molecule has 78 heavy (non-hydrogen) atoms. The summed E-state index contributed by atoms with van der Waals surface area (Å²) in [5.74, 6) is -0.881. The van der Waals surface area contributed by atoms with Gasteiger partial charge >= 0.3 is 17.9 Å². The molecule has 1 atom stereocenters. The van der Waals surface area contributed by atoms with Crippen molar-refractivity contribution in [2.75, 3.05) is 13.2 Å². The van der Waals surface area contributed by atoms with E-state index in [1.54, 1.807) is 0 Å². The van der Waals surface area contributed by atoms with Gasteiger partial charge in [0.15, 0.2) is 6.10 Å². The molecule has 0 bridgehead atoms. The van der Waals surface area contributed by atoms with Crippen LogP contribution in [0.4, 0.5) is 0 Å². The molecule has 0 aliphatic carbocycles. The average Bonchev–Trinajstić information content (AvgIpc) is 3.44. The highest BCUT2D eigenvalue weighted by atomic mass is 16.6. The van der Waals surface area contributed by atoms with Crippen molar-refractivity contribution < 1.29 is 28.6 Å². The molecule has 448 valence electrons. The van der Waals surface area contributed by atoms with Crippen LogP contribution in [0.1, 0.15) is 323 Å². The summed E-state index contributed by atoms with van der Waals surface area (Å²) in [5.41, 5.74) is 0. The van der Waals surface area contributed by atoms with Crippen LogP contribution < -0.4 is 0 Å². The fraction of sp³-hybridized carbons (Fsp3) is 0.736. The van der Waals surface area contributed by atoms with Gasteiger partial charge in [-0.05, 0) is 96.3 Å². The van der Waals surface area contributed by atoms with E-state index in [9.17, 15) is 14.4 Å². The van der Waals surface area contributed by atoms with Gasteiger partial charge in [0.2, 0.25) is 0 Å². The molecule has 6 heteroatoms. The molecule has 0 amide bonds. The number of esters is 3. The summed E-state index contributed by atoms with van der Waals surface area (Å²) < 4.78 is 17.0. The molecular formula is C72H124O6. The third-order valence-electron chi connectivity index (χ3n) is 14.3. The second-order valence-corrected chi connectivity index (χ2v) is 22.0. The fourth-order valence-corrected chi connectivity index (χ4v) is 9.43. The SMILES string of the molecule is CC/C=C\C/C=C\C/C=C\C/C=C\C/C=C\CCCCCCCCCCCC(=O)OCC(COC(=O)CCCCCCCCC/C=C\C/C=C\C/C=C\CC)OC(=O)CCCCCCCCCCCCCCCCCCCC. The largest absolute Gasteiger partial charge is 0.462 e. The van der Waals surface area contributed by atoms with Crippen molar-refractivity contribution in [3.8, 4) is 0 Å². The second-order valence-electron chi connectivity index (χ2n) is 22.0. The van der Waals surface area contributed by atoms with E-state index in [4.69, 9.17) is 14.2 Å². The van der Waals surface area contributed by atoms with Crippen molar-refractivity contribution in [2.45, 2.75) is 329 Å². The molecule has 0 spiro atoms. The first-order chi connectivity index (χ1) is 38.5. The second kappa shape index (κ2) is 65.8. The summed E-state index contributed by atoms with van der Waals surface area (Å²) in [4.78, 5) is 38.4. The number of hydrogen-bond donors (Lipinski definition) is 0. The van der Waals surface area contributed by atoms with Gasteiger partial charge in [-0.15, -0.1) is 0 Å². The number of rotatable bonds is 60. The zero-order valence-corrected chi connectivity index (χ0v) is 51.4. The standard InChI is InChI=1S/C72H124O6/c1-4-7-10-13-16-19-22-25-28-31-33-34-35-36-37-38-39-42-44-47-50-53-56-59-62-65-71(74)77-68-69(67-76-70(73)64-61-58-55-52-49-46-43-40-30-27-24-21-18-15-12-9-6-3)78-72(75)66-63-60-57-54-51-48-45-41-32-29-26-23-20-17-14-11-8-5-2/h7,9-10,12,16,18-19,21,25,27-28,30,33-34,36-37,69H,4-6,8,11,13-15,17,20,22-24,26,29,31-32,35,38-68H2,1-3H3/b10-7-,12-9-,19-16-,21-18-,28-25-,30-27-,34-33-,37-36-. The Labute approximate surface area is 483 Å². The number of hydrogen-bond acceptors (Lipinski definition) is 6. The molecule has 0 aromatic carbocycles. The van der Waals surface area contributed by atoms with Crippen molar-refractivity contribution >= 4 is 17.9 Å². The van der Waals surface area contributed by atoms with Crippen LogP contribution in [-0.4, -0.2) is 37.2 Å². The third-order valence-corrected chi connectivity index (χ3v) is 14.3. The Bertz CT molecular complexity index is 1530. The Morgan fingerprint density at radius 3 is 0.782 bits per heavy atom. The molecule has 0 radical (unpaired) electrons. The predicted molar refractivity (Wildman–Crippen MR) is 339 cm³/mol. The lowest BCUT2D eigenvalue weighted by Crippen LogP contribution is -2.30. The number of ether oxygens (including phenoxy) is 3. The molecule has 1 unspecified atom stereocenters. The van der Waals surface area contributed by atoms with Crippen LogP contribution in [0.2, 0.25) is 0 Å². The van der Waals surface area contributed by atoms with E-state index in [-0.39, 0.29) is 31.1 Å². The van der Waals surface area contributed by atoms with Gasteiger partial charge in [0.05, 0.1) is 0 Å². The Morgan fingerprint density at radius 2 is 0.500 bits per heavy atom. The molecule has 0 saturated carbocycles. The number of unbranched alkanes of at least 4 members (excludes halogenated alkanes) is 33. The van der Waals surface area contributed by atoms with E-state index < -0.39 is 6.10 Å². The first kappa shape index (κ1) is 74.3. The van der Waals surface area contributed by atoms with Crippen LogP contribution in [0.15, 0.2) is 97.2 Å². The quantitative estimate of drug-likeness (QED) is 0.0261. The molecule has 0 aromatic rings. The highest BCUT2D eigenvalue weighted by Gasteiger charge is 2.19. The molecule has 0 fully saturated rings. The summed E-state index contributed by atoms with van der Waals surface area (Å²) in [5, 5.41) is 0. The lowest BCUT2D eigenvalue weighted by Gasteiger charge is -2.18. The van der Waals surface area contributed by atoms with Crippen molar-refractivity contribution in [1.82, 2.24) is 0 Å². The fourth-order valence-electron chi connectivity index (χ4n) is 9.43. The van der Waals surface area contributed by atoms with Crippen LogP contribution in [0, 0.1) is 0 Å². The lowest BCUT2D eigenvalue weighted by molar-refractivity contribution is -0.167. The number of carbonyl (C=O) groups is 3. The van der Waals surface area contributed by atoms with Crippen molar-refractivity contribution in [1.29, 1.82) is 0 Å². The van der Waals surface area contributed by atoms with Crippen LogP contribution >= 0.6 is 0 Å². The Kier molecular flexibility index (Phi) is 62.7. The molecule has 0 aliphatic heterocycles. The molecule has 0 heterocycles. The Morgan fingerprint density at radius 1 is 0.269 bits per heavy atom. The minimum atomic E-state index is -0.785. The molecule has 0 N–H and O–H groups in total. The van der Waals surface area contributed by atoms with Crippen LogP contribution in [-0.2, 0) is 28.6 Å². The van der Waals surface area contributed by atoms with Gasteiger partial charge in [0.25, 0.3) is 0 Å². The summed E-state index contributed by atoms with van der Waals surface area (Å²) in [6.45, 7) is 6.45. The van der Waals surface area contributed by atoms with Gasteiger partial charge in [-0.25, -0.2) is 0 Å². The van der Waals surface area contributed by atoms with Crippen molar-refractivity contribution in [2.24, 2.45) is 0 Å². The zero-order valence-electron chi connectivity index (χ0n) is 51.4. The van der Waals surface area contributed by atoms with Gasteiger partial charge in [-0.1, -0.05) is 304 Å². The molecule has 0 saturated heterocycles.